The molecule has 0 aromatic heterocycles. The smallest absolute Gasteiger partial charge is 0.417 e. The molecule has 39 heavy (non-hydrogen) atoms. The Hall–Kier alpha value is -4.02. The van der Waals surface area contributed by atoms with Crippen LogP contribution in [0, 0.1) is 6.92 Å². The van der Waals surface area contributed by atoms with Gasteiger partial charge >= 0.3 is 6.18 Å². The second-order valence-electron chi connectivity index (χ2n) is 8.47. The highest BCUT2D eigenvalue weighted by molar-refractivity contribution is 7.92. The number of halogens is 4. The van der Waals surface area contributed by atoms with Gasteiger partial charge in [-0.2, -0.15) is 13.2 Å². The van der Waals surface area contributed by atoms with E-state index in [1.165, 1.54) is 30.3 Å². The summed E-state index contributed by atoms with van der Waals surface area (Å²) in [4.78, 5) is 12.9. The lowest BCUT2D eigenvalue weighted by Gasteiger charge is -2.24. The Labute approximate surface area is 228 Å². The van der Waals surface area contributed by atoms with E-state index >= 15 is 0 Å². The van der Waals surface area contributed by atoms with Gasteiger partial charge in [0, 0.05) is 5.69 Å². The van der Waals surface area contributed by atoms with E-state index in [2.05, 4.69) is 5.32 Å². The SMILES string of the molecule is Cc1ccc(S(=O)(=O)N(CC(=O)Nc2ccc(Cl)c(C(F)(F)F)c2)c2ccc(Oc3ccccc3)cc2)cc1. The number of amides is 1. The Morgan fingerprint density at radius 1 is 0.897 bits per heavy atom. The van der Waals surface area contributed by atoms with Gasteiger partial charge in [-0.05, 0) is 73.7 Å². The van der Waals surface area contributed by atoms with Crippen LogP contribution < -0.4 is 14.4 Å². The number of aryl methyl sites for hydroxylation is 1. The summed E-state index contributed by atoms with van der Waals surface area (Å²) in [6.45, 7) is 1.09. The van der Waals surface area contributed by atoms with Gasteiger partial charge in [0.1, 0.15) is 18.0 Å². The molecule has 1 amide bonds. The first-order valence-corrected chi connectivity index (χ1v) is 13.3. The number of nitrogens with one attached hydrogen (secondary N) is 1. The minimum Gasteiger partial charge on any atom is -0.457 e. The second-order valence-corrected chi connectivity index (χ2v) is 10.7. The van der Waals surface area contributed by atoms with Crippen LogP contribution in [-0.4, -0.2) is 20.9 Å². The number of anilines is 2. The normalized spacial score (nSPS) is 11.6. The zero-order valence-electron chi connectivity index (χ0n) is 20.4. The monoisotopic (exact) mass is 574 g/mol. The first-order chi connectivity index (χ1) is 18.4. The largest absolute Gasteiger partial charge is 0.457 e. The van der Waals surface area contributed by atoms with Crippen molar-refractivity contribution in [1.29, 1.82) is 0 Å². The van der Waals surface area contributed by atoms with E-state index in [4.69, 9.17) is 16.3 Å². The van der Waals surface area contributed by atoms with Crippen molar-refractivity contribution in [3.05, 3.63) is 113 Å². The molecule has 0 aliphatic heterocycles. The van der Waals surface area contributed by atoms with Crippen LogP contribution in [0.4, 0.5) is 24.5 Å². The van der Waals surface area contributed by atoms with Gasteiger partial charge < -0.3 is 10.1 Å². The number of hydrogen-bond donors (Lipinski definition) is 1. The number of carbonyl (C=O) groups excluding carboxylic acids is 1. The van der Waals surface area contributed by atoms with Crippen LogP contribution >= 0.6 is 11.6 Å². The predicted octanol–water partition coefficient (Wildman–Crippen LogP) is 7.29. The van der Waals surface area contributed by atoms with Crippen LogP contribution in [0.1, 0.15) is 11.1 Å². The molecule has 0 aliphatic carbocycles. The Kier molecular flexibility index (Phi) is 8.17. The Balaban J connectivity index is 1.63. The van der Waals surface area contributed by atoms with Crippen molar-refractivity contribution >= 4 is 38.9 Å². The average molecular weight is 575 g/mol. The summed E-state index contributed by atoms with van der Waals surface area (Å²) in [5.41, 5.74) is -0.321. The Morgan fingerprint density at radius 3 is 2.13 bits per heavy atom. The van der Waals surface area contributed by atoms with Crippen molar-refractivity contribution in [1.82, 2.24) is 0 Å². The minimum absolute atomic E-state index is 0.0589. The molecular weight excluding hydrogens is 553 g/mol. The van der Waals surface area contributed by atoms with Crippen molar-refractivity contribution in [3.8, 4) is 11.5 Å². The summed E-state index contributed by atoms with van der Waals surface area (Å²) >= 11 is 5.65. The van der Waals surface area contributed by atoms with Gasteiger partial charge in [0.15, 0.2) is 0 Å². The summed E-state index contributed by atoms with van der Waals surface area (Å²) < 4.78 is 73.5. The molecule has 0 atom stereocenters. The summed E-state index contributed by atoms with van der Waals surface area (Å²) in [7, 11) is -4.24. The van der Waals surface area contributed by atoms with Gasteiger partial charge in [-0.25, -0.2) is 8.42 Å². The van der Waals surface area contributed by atoms with Gasteiger partial charge in [-0.15, -0.1) is 0 Å². The quantitative estimate of drug-likeness (QED) is 0.240. The van der Waals surface area contributed by atoms with Gasteiger partial charge in [0.05, 0.1) is 21.2 Å². The predicted molar refractivity (Wildman–Crippen MR) is 144 cm³/mol. The van der Waals surface area contributed by atoms with Crippen molar-refractivity contribution in [2.24, 2.45) is 0 Å². The number of alkyl halides is 3. The lowest BCUT2D eigenvalue weighted by atomic mass is 10.2. The summed E-state index contributed by atoms with van der Waals surface area (Å²) in [5.74, 6) is 0.156. The number of hydrogen-bond acceptors (Lipinski definition) is 4. The van der Waals surface area contributed by atoms with Crippen LogP contribution in [0.25, 0.3) is 0 Å². The molecule has 11 heteroatoms. The molecule has 0 radical (unpaired) electrons. The zero-order valence-corrected chi connectivity index (χ0v) is 22.0. The van der Waals surface area contributed by atoms with E-state index in [0.29, 0.717) is 17.6 Å². The number of para-hydroxylation sites is 1. The third kappa shape index (κ3) is 6.90. The highest BCUT2D eigenvalue weighted by atomic mass is 35.5. The van der Waals surface area contributed by atoms with Crippen molar-refractivity contribution in [2.75, 3.05) is 16.2 Å². The molecule has 4 aromatic rings. The molecule has 4 aromatic carbocycles. The van der Waals surface area contributed by atoms with Crippen LogP contribution in [0.2, 0.25) is 5.02 Å². The molecule has 0 fully saturated rings. The van der Waals surface area contributed by atoms with Crippen LogP contribution in [0.5, 0.6) is 11.5 Å². The number of benzene rings is 4. The lowest BCUT2D eigenvalue weighted by Crippen LogP contribution is -2.38. The summed E-state index contributed by atoms with van der Waals surface area (Å²) in [5, 5.41) is 1.80. The number of nitrogens with zero attached hydrogens (tertiary/aromatic N) is 1. The number of carbonyl (C=O) groups is 1. The highest BCUT2D eigenvalue weighted by Gasteiger charge is 2.34. The number of rotatable bonds is 8. The summed E-state index contributed by atoms with van der Waals surface area (Å²) in [6, 6.07) is 24.0. The van der Waals surface area contributed by atoms with Crippen LogP contribution in [0.3, 0.4) is 0 Å². The van der Waals surface area contributed by atoms with Gasteiger partial charge in [-0.1, -0.05) is 47.5 Å². The third-order valence-corrected chi connectivity index (χ3v) is 7.67. The minimum atomic E-state index is -4.73. The molecular formula is C28H22ClF3N2O4S. The molecule has 0 aliphatic rings. The third-order valence-electron chi connectivity index (χ3n) is 5.56. The van der Waals surface area contributed by atoms with Gasteiger partial charge in [0.2, 0.25) is 5.91 Å². The zero-order chi connectivity index (χ0) is 28.2. The molecule has 4 rings (SSSR count). The van der Waals surface area contributed by atoms with E-state index < -0.39 is 39.2 Å². The maximum Gasteiger partial charge on any atom is 0.417 e. The van der Waals surface area contributed by atoms with Crippen molar-refractivity contribution in [2.45, 2.75) is 18.0 Å². The van der Waals surface area contributed by atoms with Crippen LogP contribution in [0.15, 0.2) is 102 Å². The van der Waals surface area contributed by atoms with E-state index in [9.17, 15) is 26.4 Å². The maximum absolute atomic E-state index is 13.6. The summed E-state index contributed by atoms with van der Waals surface area (Å²) in [6.07, 6.45) is -4.73. The first kappa shape index (κ1) is 28.0. The molecule has 1 N–H and O–H groups in total. The second kappa shape index (κ2) is 11.4. The van der Waals surface area contributed by atoms with Crippen molar-refractivity contribution < 1.29 is 31.1 Å². The fraction of sp³-hybridized carbons (Fsp3) is 0.107. The molecule has 202 valence electrons. The molecule has 6 nitrogen and oxygen atoms in total. The topological polar surface area (TPSA) is 75.7 Å². The highest BCUT2D eigenvalue weighted by Crippen LogP contribution is 2.36. The molecule has 0 unspecified atom stereocenters. The molecule has 0 saturated heterocycles. The lowest BCUT2D eigenvalue weighted by molar-refractivity contribution is -0.137. The van der Waals surface area contributed by atoms with Crippen molar-refractivity contribution in [3.63, 3.8) is 0 Å². The first-order valence-electron chi connectivity index (χ1n) is 11.5. The van der Waals surface area contributed by atoms with Gasteiger partial charge in [-0.3, -0.25) is 9.10 Å². The Morgan fingerprint density at radius 2 is 1.51 bits per heavy atom. The average Bonchev–Trinajstić information content (AvgIpc) is 2.89. The fourth-order valence-corrected chi connectivity index (χ4v) is 5.25. The molecule has 0 spiro atoms. The molecule has 0 bridgehead atoms. The standard InChI is InChI=1S/C28H22ClF3N2O4S/c1-19-7-14-24(15-8-19)39(36,37)34(21-10-12-23(13-11-21)38-22-5-3-2-4-6-22)18-27(35)33-20-9-16-26(29)25(17-20)28(30,31)32/h2-17H,18H2,1H3,(H,33,35). The molecule has 0 saturated carbocycles. The van der Waals surface area contributed by atoms with E-state index in [1.54, 1.807) is 55.5 Å². The number of ether oxygens (including phenoxy) is 1. The Bertz CT molecular complexity index is 1560. The fourth-order valence-electron chi connectivity index (χ4n) is 3.61. The van der Waals surface area contributed by atoms with E-state index in [1.807, 2.05) is 6.07 Å². The maximum atomic E-state index is 13.6. The van der Waals surface area contributed by atoms with E-state index in [-0.39, 0.29) is 16.3 Å². The van der Waals surface area contributed by atoms with E-state index in [0.717, 1.165) is 15.9 Å². The molecule has 0 heterocycles. The van der Waals surface area contributed by atoms with Gasteiger partial charge in [0.25, 0.3) is 10.0 Å². The number of sulfonamides is 1. The van der Waals surface area contributed by atoms with Crippen LogP contribution in [-0.2, 0) is 21.0 Å².